The van der Waals surface area contributed by atoms with Gasteiger partial charge in [0.1, 0.15) is 6.61 Å². The fraction of sp³-hybridized carbons (Fsp3) is 0.368. The lowest BCUT2D eigenvalue weighted by atomic mass is 10.2. The van der Waals surface area contributed by atoms with Gasteiger partial charge in [0, 0.05) is 28.2 Å². The molecule has 0 amide bonds. The number of nitrogens with one attached hydrogen (secondary N) is 1. The van der Waals surface area contributed by atoms with Crippen LogP contribution in [0, 0.1) is 0 Å². The molecule has 2 aromatic carbocycles. The summed E-state index contributed by atoms with van der Waals surface area (Å²) in [7, 11) is 0. The Kier molecular flexibility index (Phi) is 5.88. The fourth-order valence-corrected chi connectivity index (χ4v) is 2.93. The van der Waals surface area contributed by atoms with Crippen molar-refractivity contribution in [3.63, 3.8) is 0 Å². The molecule has 0 atom stereocenters. The molecule has 1 saturated carbocycles. The lowest BCUT2D eigenvalue weighted by Crippen LogP contribution is -2.15. The van der Waals surface area contributed by atoms with E-state index in [0.717, 1.165) is 17.9 Å². The van der Waals surface area contributed by atoms with Gasteiger partial charge in [0.25, 0.3) is 0 Å². The van der Waals surface area contributed by atoms with Crippen LogP contribution in [0.2, 0.25) is 10.0 Å². The molecular weight excluding hydrogens is 345 g/mol. The van der Waals surface area contributed by atoms with E-state index in [9.17, 15) is 0 Å². The number of ether oxygens (including phenoxy) is 2. The molecule has 5 heteroatoms. The van der Waals surface area contributed by atoms with Crippen LogP contribution in [0.4, 0.5) is 0 Å². The Balaban J connectivity index is 1.71. The first kappa shape index (κ1) is 17.4. The Bertz CT molecular complexity index is 682. The average molecular weight is 366 g/mol. The van der Waals surface area contributed by atoms with Crippen LogP contribution in [0.15, 0.2) is 36.4 Å². The molecule has 1 aliphatic rings. The molecule has 1 aliphatic carbocycles. The van der Waals surface area contributed by atoms with Crippen LogP contribution in [-0.2, 0) is 13.2 Å². The smallest absolute Gasteiger partial charge is 0.161 e. The maximum atomic E-state index is 6.19. The summed E-state index contributed by atoms with van der Waals surface area (Å²) in [5.41, 5.74) is 1.97. The van der Waals surface area contributed by atoms with Crippen LogP contribution in [0.3, 0.4) is 0 Å². The molecular formula is C19H21Cl2NO2. The van der Waals surface area contributed by atoms with Crippen molar-refractivity contribution in [3.05, 3.63) is 57.6 Å². The third kappa shape index (κ3) is 4.56. The summed E-state index contributed by atoms with van der Waals surface area (Å²) in [4.78, 5) is 0. The maximum absolute atomic E-state index is 6.19. The van der Waals surface area contributed by atoms with Gasteiger partial charge in [-0.15, -0.1) is 0 Å². The van der Waals surface area contributed by atoms with Gasteiger partial charge >= 0.3 is 0 Å². The van der Waals surface area contributed by atoms with Crippen molar-refractivity contribution in [2.45, 2.75) is 39.0 Å². The first-order valence-corrected chi connectivity index (χ1v) is 8.97. The van der Waals surface area contributed by atoms with Crippen LogP contribution in [0.1, 0.15) is 30.9 Å². The Morgan fingerprint density at radius 1 is 1.04 bits per heavy atom. The summed E-state index contributed by atoms with van der Waals surface area (Å²) < 4.78 is 11.6. The summed E-state index contributed by atoms with van der Waals surface area (Å²) in [6.45, 7) is 3.70. The second kappa shape index (κ2) is 8.11. The van der Waals surface area contributed by atoms with Gasteiger partial charge in [-0.3, -0.25) is 0 Å². The van der Waals surface area contributed by atoms with Gasteiger partial charge in [-0.25, -0.2) is 0 Å². The summed E-state index contributed by atoms with van der Waals surface area (Å²) in [5.74, 6) is 1.44. The van der Waals surface area contributed by atoms with Crippen molar-refractivity contribution in [2.24, 2.45) is 0 Å². The molecule has 1 N–H and O–H groups in total. The molecule has 1 fully saturated rings. The molecule has 3 rings (SSSR count). The molecule has 0 saturated heterocycles. The SMILES string of the molecule is CCOc1cc(CNC2CC2)ccc1OCc1c(Cl)cccc1Cl. The molecule has 0 radical (unpaired) electrons. The van der Waals surface area contributed by atoms with Crippen molar-refractivity contribution in [3.8, 4) is 11.5 Å². The minimum absolute atomic E-state index is 0.304. The fourth-order valence-electron chi connectivity index (χ4n) is 2.42. The predicted octanol–water partition coefficient (Wildman–Crippen LogP) is 5.22. The maximum Gasteiger partial charge on any atom is 0.161 e. The van der Waals surface area contributed by atoms with E-state index < -0.39 is 0 Å². The number of halogens is 2. The molecule has 128 valence electrons. The molecule has 0 unspecified atom stereocenters. The van der Waals surface area contributed by atoms with E-state index in [0.29, 0.717) is 35.1 Å². The van der Waals surface area contributed by atoms with Crippen molar-refractivity contribution in [1.29, 1.82) is 0 Å². The summed E-state index contributed by atoms with van der Waals surface area (Å²) in [6, 6.07) is 12.1. The zero-order valence-electron chi connectivity index (χ0n) is 13.6. The molecule has 0 aliphatic heterocycles. The van der Waals surface area contributed by atoms with Gasteiger partial charge < -0.3 is 14.8 Å². The number of rotatable bonds is 8. The van der Waals surface area contributed by atoms with Gasteiger partial charge in [0.05, 0.1) is 6.61 Å². The van der Waals surface area contributed by atoms with E-state index in [2.05, 4.69) is 11.4 Å². The highest BCUT2D eigenvalue weighted by Crippen LogP contribution is 2.32. The largest absolute Gasteiger partial charge is 0.490 e. The van der Waals surface area contributed by atoms with E-state index in [1.54, 1.807) is 0 Å². The Labute approximate surface area is 152 Å². The monoisotopic (exact) mass is 365 g/mol. The highest BCUT2D eigenvalue weighted by molar-refractivity contribution is 6.35. The second-order valence-corrected chi connectivity index (χ2v) is 6.67. The quantitative estimate of drug-likeness (QED) is 0.695. The third-order valence-electron chi connectivity index (χ3n) is 3.91. The molecule has 0 spiro atoms. The van der Waals surface area contributed by atoms with Crippen LogP contribution < -0.4 is 14.8 Å². The molecule has 0 aromatic heterocycles. The van der Waals surface area contributed by atoms with Crippen LogP contribution in [0.5, 0.6) is 11.5 Å². The van der Waals surface area contributed by atoms with E-state index in [1.807, 2.05) is 37.3 Å². The molecule has 0 bridgehead atoms. The minimum Gasteiger partial charge on any atom is -0.490 e. The highest BCUT2D eigenvalue weighted by Gasteiger charge is 2.20. The zero-order valence-corrected chi connectivity index (χ0v) is 15.2. The first-order valence-electron chi connectivity index (χ1n) is 8.22. The summed E-state index contributed by atoms with van der Waals surface area (Å²) in [6.07, 6.45) is 2.55. The zero-order chi connectivity index (χ0) is 16.9. The normalized spacial score (nSPS) is 13.8. The van der Waals surface area contributed by atoms with Crippen molar-refractivity contribution >= 4 is 23.2 Å². The average Bonchev–Trinajstić information content (AvgIpc) is 3.38. The van der Waals surface area contributed by atoms with Crippen LogP contribution >= 0.6 is 23.2 Å². The van der Waals surface area contributed by atoms with Crippen molar-refractivity contribution < 1.29 is 9.47 Å². The summed E-state index contributed by atoms with van der Waals surface area (Å²) >= 11 is 12.4. The van der Waals surface area contributed by atoms with Gasteiger partial charge in [0.2, 0.25) is 0 Å². The molecule has 0 heterocycles. The minimum atomic E-state index is 0.304. The van der Waals surface area contributed by atoms with E-state index >= 15 is 0 Å². The Morgan fingerprint density at radius 3 is 2.46 bits per heavy atom. The van der Waals surface area contributed by atoms with Gasteiger partial charge in [-0.1, -0.05) is 35.3 Å². The van der Waals surface area contributed by atoms with Gasteiger partial charge in [-0.2, -0.15) is 0 Å². The number of hydrogen-bond donors (Lipinski definition) is 1. The van der Waals surface area contributed by atoms with Crippen LogP contribution in [-0.4, -0.2) is 12.6 Å². The highest BCUT2D eigenvalue weighted by atomic mass is 35.5. The molecule has 2 aromatic rings. The lowest BCUT2D eigenvalue weighted by Gasteiger charge is -2.15. The summed E-state index contributed by atoms with van der Waals surface area (Å²) in [5, 5.41) is 4.71. The van der Waals surface area contributed by atoms with Crippen LogP contribution in [0.25, 0.3) is 0 Å². The predicted molar refractivity (Wildman–Crippen MR) is 98.3 cm³/mol. The van der Waals surface area contributed by atoms with Crippen molar-refractivity contribution in [1.82, 2.24) is 5.32 Å². The first-order chi connectivity index (χ1) is 11.7. The van der Waals surface area contributed by atoms with Crippen molar-refractivity contribution in [2.75, 3.05) is 6.61 Å². The third-order valence-corrected chi connectivity index (χ3v) is 4.62. The topological polar surface area (TPSA) is 30.5 Å². The number of hydrogen-bond acceptors (Lipinski definition) is 3. The lowest BCUT2D eigenvalue weighted by molar-refractivity contribution is 0.269. The Morgan fingerprint density at radius 2 is 1.79 bits per heavy atom. The molecule has 24 heavy (non-hydrogen) atoms. The second-order valence-electron chi connectivity index (χ2n) is 5.86. The van der Waals surface area contributed by atoms with E-state index in [-0.39, 0.29) is 0 Å². The molecule has 3 nitrogen and oxygen atoms in total. The Hall–Kier alpha value is -1.42. The van der Waals surface area contributed by atoms with Gasteiger partial charge in [0.15, 0.2) is 11.5 Å². The van der Waals surface area contributed by atoms with E-state index in [4.69, 9.17) is 32.7 Å². The standard InChI is InChI=1S/C19H21Cl2NO2/c1-2-23-19-10-13(11-22-14-7-8-14)6-9-18(19)24-12-15-16(20)4-3-5-17(15)21/h3-6,9-10,14,22H,2,7-8,11-12H2,1H3. The number of benzene rings is 2. The van der Waals surface area contributed by atoms with Gasteiger partial charge in [-0.05, 0) is 49.6 Å². The van der Waals surface area contributed by atoms with E-state index in [1.165, 1.54) is 18.4 Å².